The first-order valence-corrected chi connectivity index (χ1v) is 6.70. The van der Waals surface area contributed by atoms with Crippen LogP contribution in [0.1, 0.15) is 36.0 Å². The van der Waals surface area contributed by atoms with Gasteiger partial charge in [0.25, 0.3) is 0 Å². The van der Waals surface area contributed by atoms with Crippen LogP contribution in [0.25, 0.3) is 0 Å². The van der Waals surface area contributed by atoms with Crippen LogP contribution in [0.3, 0.4) is 0 Å². The molecule has 0 unspecified atom stereocenters. The minimum atomic E-state index is -0.964. The molecule has 18 heavy (non-hydrogen) atoms. The first-order chi connectivity index (χ1) is 8.59. The first-order valence-electron chi connectivity index (χ1n) is 6.32. The van der Waals surface area contributed by atoms with Gasteiger partial charge in [-0.15, -0.1) is 0 Å². The van der Waals surface area contributed by atoms with Gasteiger partial charge in [0.05, 0.1) is 10.7 Å². The third-order valence-electron chi connectivity index (χ3n) is 3.62. The van der Waals surface area contributed by atoms with Crippen molar-refractivity contribution in [2.75, 3.05) is 18.5 Å². The van der Waals surface area contributed by atoms with Gasteiger partial charge in [-0.1, -0.05) is 30.5 Å². The van der Waals surface area contributed by atoms with Gasteiger partial charge in [0.1, 0.15) is 5.56 Å². The average molecular weight is 268 g/mol. The maximum absolute atomic E-state index is 11.3. The number of nitrogens with zero attached hydrogens (tertiary/aromatic N) is 1. The van der Waals surface area contributed by atoms with Crippen molar-refractivity contribution >= 4 is 23.3 Å². The minimum absolute atomic E-state index is 0.208. The summed E-state index contributed by atoms with van der Waals surface area (Å²) in [4.78, 5) is 13.3. The van der Waals surface area contributed by atoms with Gasteiger partial charge in [-0.05, 0) is 30.9 Å². The summed E-state index contributed by atoms with van der Waals surface area (Å²) in [6, 6.07) is 5.25. The minimum Gasteiger partial charge on any atom is -0.478 e. The molecule has 0 amide bonds. The van der Waals surface area contributed by atoms with Crippen LogP contribution in [-0.4, -0.2) is 24.7 Å². The summed E-state index contributed by atoms with van der Waals surface area (Å²) in [7, 11) is 1.94. The summed E-state index contributed by atoms with van der Waals surface area (Å²) >= 11 is 5.98. The summed E-state index contributed by atoms with van der Waals surface area (Å²) in [5.41, 5.74) is 0.918. The Labute approximate surface area is 112 Å². The number of anilines is 1. The number of rotatable bonds is 4. The molecule has 1 aromatic carbocycles. The number of halogens is 1. The molecule has 0 aliphatic heterocycles. The molecule has 2 rings (SSSR count). The van der Waals surface area contributed by atoms with Gasteiger partial charge in [-0.2, -0.15) is 0 Å². The standard InChI is InChI=1S/C14H18ClNO2/c1-16(9-10-5-2-3-6-10)12-8-4-7-11(15)13(12)14(17)18/h4,7-8,10H,2-3,5-6,9H2,1H3,(H,17,18). The summed E-state index contributed by atoms with van der Waals surface area (Å²) in [6.07, 6.45) is 5.07. The fraction of sp³-hybridized carbons (Fsp3) is 0.500. The molecule has 1 aliphatic carbocycles. The second-order valence-electron chi connectivity index (χ2n) is 4.97. The number of carbonyl (C=O) groups is 1. The van der Waals surface area contributed by atoms with Crippen LogP contribution in [0.2, 0.25) is 5.02 Å². The topological polar surface area (TPSA) is 40.5 Å². The lowest BCUT2D eigenvalue weighted by molar-refractivity contribution is 0.0697. The van der Waals surface area contributed by atoms with Crippen LogP contribution < -0.4 is 4.90 Å². The third kappa shape index (κ3) is 2.78. The number of hydrogen-bond donors (Lipinski definition) is 1. The Kier molecular flexibility index (Phi) is 4.12. The highest BCUT2D eigenvalue weighted by Crippen LogP contribution is 2.30. The predicted molar refractivity (Wildman–Crippen MR) is 73.6 cm³/mol. The van der Waals surface area contributed by atoms with Crippen LogP contribution >= 0.6 is 11.6 Å². The molecule has 98 valence electrons. The maximum atomic E-state index is 11.3. The van der Waals surface area contributed by atoms with Crippen molar-refractivity contribution in [3.63, 3.8) is 0 Å². The van der Waals surface area contributed by atoms with Crippen LogP contribution in [0.5, 0.6) is 0 Å². The average Bonchev–Trinajstić information content (AvgIpc) is 2.80. The van der Waals surface area contributed by atoms with Crippen LogP contribution in [0.15, 0.2) is 18.2 Å². The van der Waals surface area contributed by atoms with E-state index in [4.69, 9.17) is 11.6 Å². The van der Waals surface area contributed by atoms with E-state index in [0.717, 1.165) is 6.54 Å². The van der Waals surface area contributed by atoms with Gasteiger partial charge >= 0.3 is 5.97 Å². The molecular weight excluding hydrogens is 250 g/mol. The van der Waals surface area contributed by atoms with Gasteiger partial charge in [0, 0.05) is 13.6 Å². The number of aromatic carboxylic acids is 1. The fourth-order valence-electron chi connectivity index (χ4n) is 2.72. The Balaban J connectivity index is 2.20. The molecule has 0 atom stereocenters. The van der Waals surface area contributed by atoms with Crippen molar-refractivity contribution in [2.24, 2.45) is 5.92 Å². The fourth-order valence-corrected chi connectivity index (χ4v) is 2.97. The third-order valence-corrected chi connectivity index (χ3v) is 3.94. The summed E-state index contributed by atoms with van der Waals surface area (Å²) < 4.78 is 0. The van der Waals surface area contributed by atoms with Crippen molar-refractivity contribution in [3.05, 3.63) is 28.8 Å². The molecular formula is C14H18ClNO2. The molecule has 3 nitrogen and oxygen atoms in total. The van der Waals surface area contributed by atoms with Crippen LogP contribution in [0, 0.1) is 5.92 Å². The van der Waals surface area contributed by atoms with Gasteiger partial charge in [-0.3, -0.25) is 0 Å². The Bertz CT molecular complexity index is 441. The van der Waals surface area contributed by atoms with Crippen LogP contribution in [-0.2, 0) is 0 Å². The molecule has 0 bridgehead atoms. The summed E-state index contributed by atoms with van der Waals surface area (Å²) in [5, 5.41) is 9.55. The van der Waals surface area contributed by atoms with Gasteiger partial charge in [0.2, 0.25) is 0 Å². The zero-order chi connectivity index (χ0) is 13.1. The highest BCUT2D eigenvalue weighted by atomic mass is 35.5. The lowest BCUT2D eigenvalue weighted by Gasteiger charge is -2.24. The maximum Gasteiger partial charge on any atom is 0.339 e. The molecule has 0 spiro atoms. The molecule has 0 radical (unpaired) electrons. The van der Waals surface area contributed by atoms with E-state index in [0.29, 0.717) is 16.6 Å². The Morgan fingerprint density at radius 2 is 2.11 bits per heavy atom. The number of carboxylic acid groups (broad SMARTS) is 1. The van der Waals surface area contributed by atoms with Crippen molar-refractivity contribution in [1.29, 1.82) is 0 Å². The zero-order valence-corrected chi connectivity index (χ0v) is 11.3. The Morgan fingerprint density at radius 1 is 1.44 bits per heavy atom. The largest absolute Gasteiger partial charge is 0.478 e. The smallest absolute Gasteiger partial charge is 0.339 e. The molecule has 0 saturated heterocycles. The molecule has 4 heteroatoms. The molecule has 1 N–H and O–H groups in total. The monoisotopic (exact) mass is 267 g/mol. The van der Waals surface area contributed by atoms with Gasteiger partial charge < -0.3 is 10.0 Å². The normalized spacial score (nSPS) is 15.9. The SMILES string of the molecule is CN(CC1CCCC1)c1cccc(Cl)c1C(=O)O. The molecule has 1 aromatic rings. The molecule has 0 heterocycles. The quantitative estimate of drug-likeness (QED) is 0.905. The molecule has 0 aromatic heterocycles. The first kappa shape index (κ1) is 13.2. The Hall–Kier alpha value is -1.22. The van der Waals surface area contributed by atoms with Crippen molar-refractivity contribution < 1.29 is 9.90 Å². The zero-order valence-electron chi connectivity index (χ0n) is 10.5. The van der Waals surface area contributed by atoms with Crippen molar-refractivity contribution in [3.8, 4) is 0 Å². The van der Waals surface area contributed by atoms with Crippen molar-refractivity contribution in [1.82, 2.24) is 0 Å². The van der Waals surface area contributed by atoms with E-state index in [1.165, 1.54) is 25.7 Å². The highest BCUT2D eigenvalue weighted by Gasteiger charge is 2.21. The molecule has 1 fully saturated rings. The van der Waals surface area contributed by atoms with Gasteiger partial charge in [0.15, 0.2) is 0 Å². The lowest BCUT2D eigenvalue weighted by Crippen LogP contribution is -2.25. The molecule has 1 aliphatic rings. The van der Waals surface area contributed by atoms with E-state index in [1.807, 2.05) is 18.0 Å². The highest BCUT2D eigenvalue weighted by molar-refractivity contribution is 6.34. The summed E-state index contributed by atoms with van der Waals surface area (Å²) in [6.45, 7) is 0.903. The summed E-state index contributed by atoms with van der Waals surface area (Å²) in [5.74, 6) is -0.288. The van der Waals surface area contributed by atoms with E-state index in [1.54, 1.807) is 12.1 Å². The number of hydrogen-bond acceptors (Lipinski definition) is 2. The Morgan fingerprint density at radius 3 is 2.72 bits per heavy atom. The van der Waals surface area contributed by atoms with E-state index in [9.17, 15) is 9.90 Å². The number of benzene rings is 1. The van der Waals surface area contributed by atoms with E-state index in [-0.39, 0.29) is 5.56 Å². The second kappa shape index (κ2) is 5.61. The van der Waals surface area contributed by atoms with Gasteiger partial charge in [-0.25, -0.2) is 4.79 Å². The van der Waals surface area contributed by atoms with Crippen molar-refractivity contribution in [2.45, 2.75) is 25.7 Å². The van der Waals surface area contributed by atoms with Crippen LogP contribution in [0.4, 0.5) is 5.69 Å². The molecule has 1 saturated carbocycles. The lowest BCUT2D eigenvalue weighted by atomic mass is 10.1. The number of carboxylic acids is 1. The predicted octanol–water partition coefficient (Wildman–Crippen LogP) is 3.66. The second-order valence-corrected chi connectivity index (χ2v) is 5.38. The van der Waals surface area contributed by atoms with E-state index in [2.05, 4.69) is 0 Å². The van der Waals surface area contributed by atoms with E-state index >= 15 is 0 Å². The van der Waals surface area contributed by atoms with E-state index < -0.39 is 5.97 Å².